The third-order valence-corrected chi connectivity index (χ3v) is 3.32. The average Bonchev–Trinajstić information content (AvgIpc) is 2.82. The molecule has 2 amide bonds. The van der Waals surface area contributed by atoms with Gasteiger partial charge in [0.25, 0.3) is 6.43 Å². The molecule has 1 aromatic heterocycles. The third kappa shape index (κ3) is 3.98. The highest BCUT2D eigenvalue weighted by molar-refractivity contribution is 5.88. The van der Waals surface area contributed by atoms with E-state index in [0.717, 1.165) is 6.07 Å². The molecule has 2 aromatic rings. The Kier molecular flexibility index (Phi) is 5.32. The molecule has 0 saturated heterocycles. The van der Waals surface area contributed by atoms with Gasteiger partial charge >= 0.3 is 6.03 Å². The maximum Gasteiger partial charge on any atom is 0.321 e. The lowest BCUT2D eigenvalue weighted by molar-refractivity contribution is 0.102. The van der Waals surface area contributed by atoms with Crippen molar-refractivity contribution in [2.75, 3.05) is 12.4 Å². The van der Waals surface area contributed by atoms with E-state index in [1.807, 2.05) is 0 Å². The maximum atomic E-state index is 13.7. The number of anilines is 1. The molecule has 0 bridgehead atoms. The molecule has 0 unspecified atom stereocenters. The number of hydrogen-bond donors (Lipinski definition) is 2. The number of ether oxygens (including phenoxy) is 1. The molecule has 9 heteroatoms. The average molecular weight is 342 g/mol. The number of carbonyl (C=O) groups excluding carboxylic acids is 1. The first kappa shape index (κ1) is 17.6. The van der Waals surface area contributed by atoms with Crippen LogP contribution in [0.5, 0.6) is 5.75 Å². The molecular formula is C15H17F3N4O2. The lowest BCUT2D eigenvalue weighted by atomic mass is 10.1. The Morgan fingerprint density at radius 3 is 2.54 bits per heavy atom. The number of halogens is 3. The summed E-state index contributed by atoms with van der Waals surface area (Å²) < 4.78 is 46.4. The SMILES string of the molecule is COc1ccc([C@H](NC(=O)Nc2cc(C)nn2C)C(F)F)cc1F. The van der Waals surface area contributed by atoms with E-state index in [-0.39, 0.29) is 11.3 Å². The standard InChI is InChI=1S/C15H17F3N4O2/c1-8-6-12(22(2)21-8)19-15(23)20-13(14(17)18)9-4-5-11(24-3)10(16)7-9/h4-7,13-14H,1-3H3,(H2,19,20,23)/t13-/m0/s1. The van der Waals surface area contributed by atoms with Crippen molar-refractivity contribution in [3.8, 4) is 5.75 Å². The van der Waals surface area contributed by atoms with Gasteiger partial charge in [0.2, 0.25) is 0 Å². The van der Waals surface area contributed by atoms with Crippen LogP contribution >= 0.6 is 0 Å². The number of amides is 2. The summed E-state index contributed by atoms with van der Waals surface area (Å²) in [6.45, 7) is 1.73. The molecule has 0 spiro atoms. The zero-order chi connectivity index (χ0) is 17.9. The van der Waals surface area contributed by atoms with Gasteiger partial charge in [-0.05, 0) is 24.6 Å². The third-order valence-electron chi connectivity index (χ3n) is 3.32. The summed E-state index contributed by atoms with van der Waals surface area (Å²) in [4.78, 5) is 12.0. The fraction of sp³-hybridized carbons (Fsp3) is 0.333. The van der Waals surface area contributed by atoms with E-state index in [9.17, 15) is 18.0 Å². The molecule has 0 aliphatic rings. The number of urea groups is 1. The van der Waals surface area contributed by atoms with E-state index in [2.05, 4.69) is 15.7 Å². The fourth-order valence-electron chi connectivity index (χ4n) is 2.19. The monoisotopic (exact) mass is 342 g/mol. The van der Waals surface area contributed by atoms with Crippen molar-refractivity contribution >= 4 is 11.8 Å². The summed E-state index contributed by atoms with van der Waals surface area (Å²) in [5.41, 5.74) is 0.593. The van der Waals surface area contributed by atoms with Gasteiger partial charge in [-0.15, -0.1) is 0 Å². The topological polar surface area (TPSA) is 68.2 Å². The van der Waals surface area contributed by atoms with Crippen LogP contribution < -0.4 is 15.4 Å². The maximum absolute atomic E-state index is 13.7. The second kappa shape index (κ2) is 7.24. The number of methoxy groups -OCH3 is 1. The van der Waals surface area contributed by atoms with Crippen LogP contribution in [0.15, 0.2) is 24.3 Å². The number of alkyl halides is 2. The molecule has 2 rings (SSSR count). The zero-order valence-corrected chi connectivity index (χ0v) is 13.3. The second-order valence-corrected chi connectivity index (χ2v) is 5.10. The summed E-state index contributed by atoms with van der Waals surface area (Å²) in [7, 11) is 2.87. The largest absolute Gasteiger partial charge is 0.494 e. The Hall–Kier alpha value is -2.71. The van der Waals surface area contributed by atoms with Crippen molar-refractivity contribution in [2.45, 2.75) is 19.4 Å². The van der Waals surface area contributed by atoms with E-state index in [1.54, 1.807) is 20.0 Å². The Balaban J connectivity index is 2.15. The molecule has 24 heavy (non-hydrogen) atoms. The Bertz CT molecular complexity index is 734. The minimum atomic E-state index is -2.92. The first-order valence-corrected chi connectivity index (χ1v) is 7.01. The van der Waals surface area contributed by atoms with Gasteiger partial charge in [0, 0.05) is 13.1 Å². The molecule has 6 nitrogen and oxygen atoms in total. The number of aryl methyl sites for hydroxylation is 2. The van der Waals surface area contributed by atoms with Gasteiger partial charge in [-0.2, -0.15) is 5.10 Å². The number of nitrogens with one attached hydrogen (secondary N) is 2. The van der Waals surface area contributed by atoms with E-state index >= 15 is 0 Å². The number of hydrogen-bond acceptors (Lipinski definition) is 3. The molecule has 0 fully saturated rings. The predicted molar refractivity (Wildman–Crippen MR) is 81.8 cm³/mol. The number of aromatic nitrogens is 2. The Labute approximate surface area is 136 Å². The van der Waals surface area contributed by atoms with Crippen LogP contribution in [0, 0.1) is 12.7 Å². The summed E-state index contributed by atoms with van der Waals surface area (Å²) in [5.74, 6) is -0.509. The van der Waals surface area contributed by atoms with Crippen LogP contribution in [0.3, 0.4) is 0 Å². The van der Waals surface area contributed by atoms with E-state index in [1.165, 1.54) is 23.9 Å². The highest BCUT2D eigenvalue weighted by Crippen LogP contribution is 2.26. The number of benzene rings is 1. The minimum absolute atomic E-state index is 0.0680. The highest BCUT2D eigenvalue weighted by Gasteiger charge is 2.26. The van der Waals surface area contributed by atoms with Crippen LogP contribution in [-0.2, 0) is 7.05 Å². The molecule has 0 aliphatic heterocycles. The van der Waals surface area contributed by atoms with Crippen molar-refractivity contribution in [1.82, 2.24) is 15.1 Å². The second-order valence-electron chi connectivity index (χ2n) is 5.10. The number of nitrogens with zero attached hydrogens (tertiary/aromatic N) is 2. The molecule has 1 atom stereocenters. The van der Waals surface area contributed by atoms with Gasteiger partial charge in [0.15, 0.2) is 11.6 Å². The summed E-state index contributed by atoms with van der Waals surface area (Å²) >= 11 is 0. The van der Waals surface area contributed by atoms with E-state index < -0.39 is 24.3 Å². The van der Waals surface area contributed by atoms with Crippen molar-refractivity contribution in [3.05, 3.63) is 41.3 Å². The quantitative estimate of drug-likeness (QED) is 0.878. The molecule has 0 radical (unpaired) electrons. The lowest BCUT2D eigenvalue weighted by Crippen LogP contribution is -2.36. The van der Waals surface area contributed by atoms with Crippen molar-refractivity contribution in [1.29, 1.82) is 0 Å². The molecule has 0 aliphatic carbocycles. The molecule has 0 saturated carbocycles. The molecule has 130 valence electrons. The smallest absolute Gasteiger partial charge is 0.321 e. The van der Waals surface area contributed by atoms with Crippen LogP contribution in [0.1, 0.15) is 17.3 Å². The van der Waals surface area contributed by atoms with Crippen molar-refractivity contribution in [3.63, 3.8) is 0 Å². The first-order chi connectivity index (χ1) is 11.3. The zero-order valence-electron chi connectivity index (χ0n) is 13.3. The number of rotatable bonds is 5. The lowest BCUT2D eigenvalue weighted by Gasteiger charge is -2.19. The summed E-state index contributed by atoms with van der Waals surface area (Å²) in [6.07, 6.45) is -2.92. The van der Waals surface area contributed by atoms with Crippen molar-refractivity contribution < 1.29 is 22.7 Å². The van der Waals surface area contributed by atoms with Crippen molar-refractivity contribution in [2.24, 2.45) is 7.05 Å². The molecule has 1 aromatic carbocycles. The fourth-order valence-corrected chi connectivity index (χ4v) is 2.19. The van der Waals surface area contributed by atoms with E-state index in [0.29, 0.717) is 11.5 Å². The normalized spacial score (nSPS) is 12.1. The molecule has 1 heterocycles. The van der Waals surface area contributed by atoms with Gasteiger partial charge < -0.3 is 10.1 Å². The van der Waals surface area contributed by atoms with Gasteiger partial charge in [0.1, 0.15) is 11.9 Å². The van der Waals surface area contributed by atoms with Gasteiger partial charge in [-0.1, -0.05) is 6.07 Å². The van der Waals surface area contributed by atoms with Gasteiger partial charge in [-0.3, -0.25) is 10.00 Å². The Morgan fingerprint density at radius 2 is 2.04 bits per heavy atom. The first-order valence-electron chi connectivity index (χ1n) is 7.01. The van der Waals surface area contributed by atoms with Gasteiger partial charge in [-0.25, -0.2) is 18.0 Å². The predicted octanol–water partition coefficient (Wildman–Crippen LogP) is 3.00. The van der Waals surface area contributed by atoms with Crippen LogP contribution in [0.2, 0.25) is 0 Å². The van der Waals surface area contributed by atoms with Gasteiger partial charge in [0.05, 0.1) is 12.8 Å². The minimum Gasteiger partial charge on any atom is -0.494 e. The van der Waals surface area contributed by atoms with Crippen LogP contribution in [0.25, 0.3) is 0 Å². The van der Waals surface area contributed by atoms with E-state index in [4.69, 9.17) is 4.74 Å². The summed E-state index contributed by atoms with van der Waals surface area (Å²) in [5, 5.41) is 8.59. The highest BCUT2D eigenvalue weighted by atomic mass is 19.3. The number of carbonyl (C=O) groups is 1. The molecular weight excluding hydrogens is 325 g/mol. The molecule has 2 N–H and O–H groups in total. The summed E-state index contributed by atoms with van der Waals surface area (Å²) in [6, 6.07) is 2.48. The van der Waals surface area contributed by atoms with Crippen LogP contribution in [0.4, 0.5) is 23.8 Å². The Morgan fingerprint density at radius 1 is 1.33 bits per heavy atom. The van der Waals surface area contributed by atoms with Crippen LogP contribution in [-0.4, -0.2) is 29.3 Å².